The van der Waals surface area contributed by atoms with E-state index in [0.717, 1.165) is 41.2 Å². The lowest BCUT2D eigenvalue weighted by atomic mass is 10.1. The van der Waals surface area contributed by atoms with Crippen LogP contribution in [-0.4, -0.2) is 55.4 Å². The van der Waals surface area contributed by atoms with Crippen molar-refractivity contribution >= 4 is 34.0 Å². The number of nitrogens with one attached hydrogen (secondary N) is 1. The average Bonchev–Trinajstić information content (AvgIpc) is 3.20. The number of morpholine rings is 1. The molecule has 1 saturated heterocycles. The molecule has 0 bridgehead atoms. The monoisotopic (exact) mass is 406 g/mol. The number of ether oxygens (including phenoxy) is 1. The van der Waals surface area contributed by atoms with Crippen molar-refractivity contribution in [3.63, 3.8) is 0 Å². The number of anilines is 3. The summed E-state index contributed by atoms with van der Waals surface area (Å²) in [6.45, 7) is 6.54. The van der Waals surface area contributed by atoms with Crippen LogP contribution in [0.3, 0.4) is 0 Å². The smallest absolute Gasteiger partial charge is 0.255 e. The second kappa shape index (κ2) is 7.06. The van der Waals surface area contributed by atoms with Gasteiger partial charge in [-0.3, -0.25) is 4.79 Å². The first-order valence-corrected chi connectivity index (χ1v) is 9.79. The molecule has 0 aromatic carbocycles. The van der Waals surface area contributed by atoms with Crippen LogP contribution in [0.15, 0.2) is 29.6 Å². The van der Waals surface area contributed by atoms with Crippen LogP contribution in [0.4, 0.5) is 17.3 Å². The Morgan fingerprint density at radius 2 is 1.97 bits per heavy atom. The van der Waals surface area contributed by atoms with Gasteiger partial charge in [-0.2, -0.15) is 5.10 Å². The van der Waals surface area contributed by atoms with Crippen LogP contribution >= 0.6 is 0 Å². The zero-order chi connectivity index (χ0) is 20.8. The van der Waals surface area contributed by atoms with Crippen molar-refractivity contribution in [1.29, 1.82) is 0 Å². The van der Waals surface area contributed by atoms with E-state index in [1.54, 1.807) is 22.3 Å². The number of hydrogen-bond donors (Lipinski definition) is 1. The molecule has 1 aliphatic rings. The highest BCUT2D eigenvalue weighted by atomic mass is 16.5. The lowest BCUT2D eigenvalue weighted by Gasteiger charge is -2.30. The Morgan fingerprint density at radius 1 is 1.17 bits per heavy atom. The minimum atomic E-state index is -0.0409. The van der Waals surface area contributed by atoms with E-state index in [0.29, 0.717) is 30.2 Å². The summed E-state index contributed by atoms with van der Waals surface area (Å²) in [7, 11) is 1.75. The fraction of sp³-hybridized carbons (Fsp3) is 0.350. The Balaban J connectivity index is 1.64. The number of hydrogen-bond acceptors (Lipinski definition) is 8. The maximum atomic E-state index is 12.8. The van der Waals surface area contributed by atoms with Gasteiger partial charge in [-0.1, -0.05) is 0 Å². The van der Waals surface area contributed by atoms with Gasteiger partial charge in [0.2, 0.25) is 5.95 Å². The van der Waals surface area contributed by atoms with E-state index >= 15 is 0 Å². The standard InChI is InChI=1S/C20H22N8O2/c1-12-8-16-22-11-23-28(16)10-14(12)24-20-21-9-15-17(25-20)18(13(2)19(29)26(15)3)27-4-6-30-7-5-27/h8-11H,4-7H2,1-3H3,(H,21,24,25). The van der Waals surface area contributed by atoms with Gasteiger partial charge in [-0.25, -0.2) is 19.5 Å². The summed E-state index contributed by atoms with van der Waals surface area (Å²) in [6.07, 6.45) is 5.07. The first-order valence-electron chi connectivity index (χ1n) is 9.79. The normalized spacial score (nSPS) is 14.6. The van der Waals surface area contributed by atoms with Crippen LogP contribution in [0.1, 0.15) is 11.1 Å². The molecular formula is C20H22N8O2. The summed E-state index contributed by atoms with van der Waals surface area (Å²) in [6, 6.07) is 1.95. The zero-order valence-electron chi connectivity index (χ0n) is 17.1. The molecule has 0 amide bonds. The van der Waals surface area contributed by atoms with Crippen molar-refractivity contribution in [3.05, 3.63) is 46.3 Å². The fourth-order valence-corrected chi connectivity index (χ4v) is 3.88. The predicted octanol–water partition coefficient (Wildman–Crippen LogP) is 1.57. The van der Waals surface area contributed by atoms with Gasteiger partial charge in [0.15, 0.2) is 5.65 Å². The molecule has 0 radical (unpaired) electrons. The molecule has 0 unspecified atom stereocenters. The van der Waals surface area contributed by atoms with Crippen LogP contribution in [-0.2, 0) is 11.8 Å². The lowest BCUT2D eigenvalue weighted by Crippen LogP contribution is -2.38. The summed E-state index contributed by atoms with van der Waals surface area (Å²) < 4.78 is 8.79. The third-order valence-electron chi connectivity index (χ3n) is 5.53. The molecule has 1 aliphatic heterocycles. The second-order valence-electron chi connectivity index (χ2n) is 7.42. The SMILES string of the molecule is Cc1cc2ncnn2cc1Nc1ncc2c(n1)c(N1CCOCC1)c(C)c(=O)n2C. The molecule has 154 valence electrons. The largest absolute Gasteiger partial charge is 0.378 e. The first-order chi connectivity index (χ1) is 14.5. The van der Waals surface area contributed by atoms with Crippen LogP contribution in [0.5, 0.6) is 0 Å². The van der Waals surface area contributed by atoms with Crippen molar-refractivity contribution in [1.82, 2.24) is 29.1 Å². The van der Waals surface area contributed by atoms with Gasteiger partial charge in [0, 0.05) is 25.7 Å². The summed E-state index contributed by atoms with van der Waals surface area (Å²) in [4.78, 5) is 28.4. The van der Waals surface area contributed by atoms with Gasteiger partial charge in [-0.05, 0) is 25.5 Å². The first kappa shape index (κ1) is 18.5. The van der Waals surface area contributed by atoms with Crippen molar-refractivity contribution in [2.45, 2.75) is 13.8 Å². The highest BCUT2D eigenvalue weighted by molar-refractivity contribution is 5.90. The molecule has 10 nitrogen and oxygen atoms in total. The Labute approximate surface area is 172 Å². The molecule has 30 heavy (non-hydrogen) atoms. The fourth-order valence-electron chi connectivity index (χ4n) is 3.88. The Hall–Kier alpha value is -3.53. The minimum absolute atomic E-state index is 0.0409. The van der Waals surface area contributed by atoms with Gasteiger partial charge in [0.05, 0.1) is 42.5 Å². The Bertz CT molecular complexity index is 1320. The topological polar surface area (TPSA) is 102 Å². The zero-order valence-corrected chi connectivity index (χ0v) is 17.1. The van der Waals surface area contributed by atoms with E-state index in [4.69, 9.17) is 9.72 Å². The molecule has 0 atom stereocenters. The molecule has 0 aliphatic carbocycles. The highest BCUT2D eigenvalue weighted by Crippen LogP contribution is 2.29. The number of fused-ring (bicyclic) bond motifs is 2. The molecule has 0 spiro atoms. The molecular weight excluding hydrogens is 384 g/mol. The number of aryl methyl sites for hydroxylation is 2. The molecule has 10 heteroatoms. The number of pyridine rings is 2. The Kier molecular flexibility index (Phi) is 4.35. The van der Waals surface area contributed by atoms with Crippen molar-refractivity contribution < 1.29 is 4.74 Å². The molecule has 4 aromatic heterocycles. The van der Waals surface area contributed by atoms with Gasteiger partial charge in [0.25, 0.3) is 5.56 Å². The molecule has 5 heterocycles. The van der Waals surface area contributed by atoms with E-state index in [2.05, 4.69) is 25.3 Å². The third-order valence-corrected chi connectivity index (χ3v) is 5.53. The van der Waals surface area contributed by atoms with Crippen molar-refractivity contribution in [2.75, 3.05) is 36.5 Å². The van der Waals surface area contributed by atoms with E-state index in [1.165, 1.54) is 6.33 Å². The quantitative estimate of drug-likeness (QED) is 0.547. The van der Waals surface area contributed by atoms with E-state index in [1.807, 2.05) is 26.1 Å². The summed E-state index contributed by atoms with van der Waals surface area (Å²) in [5.41, 5.74) is 5.54. The van der Waals surface area contributed by atoms with Crippen molar-refractivity contribution in [2.24, 2.45) is 7.05 Å². The molecule has 4 aromatic rings. The van der Waals surface area contributed by atoms with Gasteiger partial charge in [0.1, 0.15) is 11.8 Å². The van der Waals surface area contributed by atoms with E-state index < -0.39 is 0 Å². The van der Waals surface area contributed by atoms with Gasteiger partial charge in [-0.15, -0.1) is 0 Å². The highest BCUT2D eigenvalue weighted by Gasteiger charge is 2.21. The van der Waals surface area contributed by atoms with Crippen LogP contribution in [0.25, 0.3) is 16.7 Å². The van der Waals surface area contributed by atoms with Gasteiger partial charge >= 0.3 is 0 Å². The average molecular weight is 406 g/mol. The van der Waals surface area contributed by atoms with Crippen LogP contribution < -0.4 is 15.8 Å². The Morgan fingerprint density at radius 3 is 2.77 bits per heavy atom. The third kappa shape index (κ3) is 2.96. The predicted molar refractivity (Wildman–Crippen MR) is 114 cm³/mol. The maximum absolute atomic E-state index is 12.8. The minimum Gasteiger partial charge on any atom is -0.378 e. The number of aromatic nitrogens is 6. The van der Waals surface area contributed by atoms with Crippen molar-refractivity contribution in [3.8, 4) is 0 Å². The van der Waals surface area contributed by atoms with Crippen LogP contribution in [0.2, 0.25) is 0 Å². The van der Waals surface area contributed by atoms with E-state index in [-0.39, 0.29) is 5.56 Å². The summed E-state index contributed by atoms with van der Waals surface area (Å²) in [5, 5.41) is 7.48. The second-order valence-corrected chi connectivity index (χ2v) is 7.42. The summed E-state index contributed by atoms with van der Waals surface area (Å²) >= 11 is 0. The maximum Gasteiger partial charge on any atom is 0.255 e. The molecule has 0 saturated carbocycles. The lowest BCUT2D eigenvalue weighted by molar-refractivity contribution is 0.122. The molecule has 1 fully saturated rings. The summed E-state index contributed by atoms with van der Waals surface area (Å²) in [5.74, 6) is 0.456. The van der Waals surface area contributed by atoms with E-state index in [9.17, 15) is 4.79 Å². The molecule has 5 rings (SSSR count). The number of nitrogens with zero attached hydrogens (tertiary/aromatic N) is 7. The number of rotatable bonds is 3. The molecule has 1 N–H and O–H groups in total. The van der Waals surface area contributed by atoms with Gasteiger partial charge < -0.3 is 19.5 Å². The van der Waals surface area contributed by atoms with Crippen LogP contribution in [0, 0.1) is 13.8 Å².